The predicted molar refractivity (Wildman–Crippen MR) is 84.4 cm³/mol. The van der Waals surface area contributed by atoms with Gasteiger partial charge < -0.3 is 10.6 Å². The molecule has 0 aromatic heterocycles. The summed E-state index contributed by atoms with van der Waals surface area (Å²) in [4.78, 5) is 11.8. The lowest BCUT2D eigenvalue weighted by atomic mass is 9.92. The molecule has 104 valence electrons. The normalized spacial score (nSPS) is 11.0. The number of aryl methyl sites for hydroxylation is 2. The standard InChI is InChI=1S/C15H22N2OS/c1-10-6-7-12(11(2)8-10)16-14(19)17-13(18)9-15(3,4)5/h6-8H,9H2,1-5H3,(H2,16,17,18,19). The lowest BCUT2D eigenvalue weighted by Gasteiger charge is -2.18. The molecule has 0 aliphatic rings. The summed E-state index contributed by atoms with van der Waals surface area (Å²) in [7, 11) is 0. The quantitative estimate of drug-likeness (QED) is 0.813. The number of carbonyl (C=O) groups excluding carboxylic acids is 1. The number of hydrogen-bond acceptors (Lipinski definition) is 2. The maximum atomic E-state index is 11.8. The van der Waals surface area contributed by atoms with E-state index in [1.54, 1.807) is 0 Å². The van der Waals surface area contributed by atoms with E-state index >= 15 is 0 Å². The molecule has 0 bridgehead atoms. The van der Waals surface area contributed by atoms with E-state index in [2.05, 4.69) is 16.7 Å². The second-order valence-corrected chi connectivity index (χ2v) is 6.47. The second kappa shape index (κ2) is 6.15. The molecule has 0 atom stereocenters. The highest BCUT2D eigenvalue weighted by Crippen LogP contribution is 2.18. The maximum Gasteiger partial charge on any atom is 0.226 e. The molecule has 0 fully saturated rings. The summed E-state index contributed by atoms with van der Waals surface area (Å²) in [5.74, 6) is -0.0604. The number of amides is 1. The van der Waals surface area contributed by atoms with E-state index in [-0.39, 0.29) is 11.3 Å². The molecular weight excluding hydrogens is 256 g/mol. The molecule has 0 spiro atoms. The van der Waals surface area contributed by atoms with Gasteiger partial charge >= 0.3 is 0 Å². The van der Waals surface area contributed by atoms with Crippen molar-refractivity contribution in [2.24, 2.45) is 5.41 Å². The van der Waals surface area contributed by atoms with Crippen LogP contribution in [0.4, 0.5) is 5.69 Å². The van der Waals surface area contributed by atoms with E-state index in [1.165, 1.54) is 5.56 Å². The second-order valence-electron chi connectivity index (χ2n) is 6.06. The number of anilines is 1. The first-order valence-electron chi connectivity index (χ1n) is 6.35. The fourth-order valence-corrected chi connectivity index (χ4v) is 1.98. The zero-order chi connectivity index (χ0) is 14.6. The Morgan fingerprint density at radius 3 is 2.42 bits per heavy atom. The van der Waals surface area contributed by atoms with Crippen LogP contribution in [-0.2, 0) is 4.79 Å². The summed E-state index contributed by atoms with van der Waals surface area (Å²) < 4.78 is 0. The molecule has 1 amide bonds. The first kappa shape index (κ1) is 15.6. The number of rotatable bonds is 2. The van der Waals surface area contributed by atoms with E-state index < -0.39 is 0 Å². The average molecular weight is 278 g/mol. The predicted octanol–water partition coefficient (Wildman–Crippen LogP) is 3.55. The lowest BCUT2D eigenvalue weighted by molar-refractivity contribution is -0.121. The van der Waals surface area contributed by atoms with Gasteiger partial charge in [-0.05, 0) is 43.1 Å². The Bertz CT molecular complexity index is 489. The summed E-state index contributed by atoms with van der Waals surface area (Å²) in [5.41, 5.74) is 3.18. The van der Waals surface area contributed by atoms with Gasteiger partial charge in [0.05, 0.1) is 0 Å². The van der Waals surface area contributed by atoms with Gasteiger partial charge in [0.15, 0.2) is 5.11 Å². The number of carbonyl (C=O) groups is 1. The van der Waals surface area contributed by atoms with Crippen LogP contribution in [-0.4, -0.2) is 11.0 Å². The zero-order valence-electron chi connectivity index (χ0n) is 12.3. The van der Waals surface area contributed by atoms with E-state index in [0.717, 1.165) is 11.3 Å². The molecule has 3 nitrogen and oxygen atoms in total. The minimum absolute atomic E-state index is 0.0422. The zero-order valence-corrected chi connectivity index (χ0v) is 13.1. The van der Waals surface area contributed by atoms with Crippen LogP contribution >= 0.6 is 12.2 Å². The molecule has 19 heavy (non-hydrogen) atoms. The number of hydrogen-bond donors (Lipinski definition) is 2. The molecule has 0 aliphatic carbocycles. The molecule has 2 N–H and O–H groups in total. The van der Waals surface area contributed by atoms with E-state index in [9.17, 15) is 4.79 Å². The monoisotopic (exact) mass is 278 g/mol. The molecule has 0 radical (unpaired) electrons. The van der Waals surface area contributed by atoms with Gasteiger partial charge in [0.25, 0.3) is 0 Å². The Morgan fingerprint density at radius 2 is 1.89 bits per heavy atom. The average Bonchev–Trinajstić information content (AvgIpc) is 2.19. The van der Waals surface area contributed by atoms with Gasteiger partial charge in [-0.15, -0.1) is 0 Å². The van der Waals surface area contributed by atoms with Crippen molar-refractivity contribution < 1.29 is 4.79 Å². The van der Waals surface area contributed by atoms with Crippen LogP contribution in [0, 0.1) is 19.3 Å². The molecule has 0 heterocycles. The topological polar surface area (TPSA) is 41.1 Å². The Balaban J connectivity index is 2.58. The van der Waals surface area contributed by atoms with Crippen molar-refractivity contribution in [2.45, 2.75) is 41.0 Å². The van der Waals surface area contributed by atoms with E-state index in [1.807, 2.05) is 46.8 Å². The van der Waals surface area contributed by atoms with E-state index in [0.29, 0.717) is 11.5 Å². The van der Waals surface area contributed by atoms with Crippen LogP contribution in [0.3, 0.4) is 0 Å². The van der Waals surface area contributed by atoms with Crippen molar-refractivity contribution in [3.8, 4) is 0 Å². The van der Waals surface area contributed by atoms with Crippen molar-refractivity contribution >= 4 is 28.9 Å². The summed E-state index contributed by atoms with van der Waals surface area (Å²) in [6.07, 6.45) is 0.446. The minimum Gasteiger partial charge on any atom is -0.332 e. The van der Waals surface area contributed by atoms with Crippen LogP contribution in [0.5, 0.6) is 0 Å². The van der Waals surface area contributed by atoms with Crippen LogP contribution in [0.1, 0.15) is 38.3 Å². The molecule has 4 heteroatoms. The smallest absolute Gasteiger partial charge is 0.226 e. The van der Waals surface area contributed by atoms with Gasteiger partial charge in [0.1, 0.15) is 0 Å². The van der Waals surface area contributed by atoms with Gasteiger partial charge in [-0.2, -0.15) is 0 Å². The van der Waals surface area contributed by atoms with Crippen molar-refractivity contribution in [3.63, 3.8) is 0 Å². The number of nitrogens with one attached hydrogen (secondary N) is 2. The van der Waals surface area contributed by atoms with Gasteiger partial charge in [-0.25, -0.2) is 0 Å². The van der Waals surface area contributed by atoms with Crippen molar-refractivity contribution in [1.82, 2.24) is 5.32 Å². The summed E-state index contributed by atoms with van der Waals surface area (Å²) in [6, 6.07) is 6.05. The largest absolute Gasteiger partial charge is 0.332 e. The van der Waals surface area contributed by atoms with Crippen molar-refractivity contribution in [3.05, 3.63) is 29.3 Å². The van der Waals surface area contributed by atoms with Crippen LogP contribution < -0.4 is 10.6 Å². The third kappa shape index (κ3) is 5.83. The van der Waals surface area contributed by atoms with Crippen molar-refractivity contribution in [1.29, 1.82) is 0 Å². The Kier molecular flexibility index (Phi) is 5.06. The van der Waals surface area contributed by atoms with Gasteiger partial charge in [-0.3, -0.25) is 4.79 Å². The summed E-state index contributed by atoms with van der Waals surface area (Å²) >= 11 is 5.15. The highest BCUT2D eigenvalue weighted by Gasteiger charge is 2.16. The molecule has 0 saturated carbocycles. The van der Waals surface area contributed by atoms with Crippen LogP contribution in [0.15, 0.2) is 18.2 Å². The number of benzene rings is 1. The third-order valence-electron chi connectivity index (χ3n) is 2.57. The first-order valence-corrected chi connectivity index (χ1v) is 6.76. The molecular formula is C15H22N2OS. The molecule has 0 aliphatic heterocycles. The minimum atomic E-state index is -0.0604. The number of thiocarbonyl (C=S) groups is 1. The Labute approximate surface area is 120 Å². The molecule has 1 aromatic rings. The van der Waals surface area contributed by atoms with Gasteiger partial charge in [-0.1, -0.05) is 38.5 Å². The van der Waals surface area contributed by atoms with Crippen molar-refractivity contribution in [2.75, 3.05) is 5.32 Å². The Morgan fingerprint density at radius 1 is 1.26 bits per heavy atom. The molecule has 0 saturated heterocycles. The van der Waals surface area contributed by atoms with Crippen LogP contribution in [0.25, 0.3) is 0 Å². The fraction of sp³-hybridized carbons (Fsp3) is 0.467. The molecule has 1 aromatic carbocycles. The van der Waals surface area contributed by atoms with Gasteiger partial charge in [0.2, 0.25) is 5.91 Å². The molecule has 0 unspecified atom stereocenters. The fourth-order valence-electron chi connectivity index (χ4n) is 1.76. The Hall–Kier alpha value is -1.42. The highest BCUT2D eigenvalue weighted by atomic mass is 32.1. The first-order chi connectivity index (χ1) is 8.67. The highest BCUT2D eigenvalue weighted by molar-refractivity contribution is 7.80. The van der Waals surface area contributed by atoms with Gasteiger partial charge in [0, 0.05) is 12.1 Å². The molecule has 1 rings (SSSR count). The third-order valence-corrected chi connectivity index (χ3v) is 2.78. The maximum absolute atomic E-state index is 11.8. The summed E-state index contributed by atoms with van der Waals surface area (Å²) in [5, 5.41) is 6.11. The SMILES string of the molecule is Cc1ccc(NC(=S)NC(=O)CC(C)(C)C)c(C)c1. The van der Waals surface area contributed by atoms with Crippen LogP contribution in [0.2, 0.25) is 0 Å². The van der Waals surface area contributed by atoms with E-state index in [4.69, 9.17) is 12.2 Å². The lowest BCUT2D eigenvalue weighted by Crippen LogP contribution is -2.36. The summed E-state index contributed by atoms with van der Waals surface area (Å²) in [6.45, 7) is 10.1.